The molecule has 0 bridgehead atoms. The predicted molar refractivity (Wildman–Crippen MR) is 49.3 cm³/mol. The minimum absolute atomic E-state index is 0.0712. The minimum Gasteiger partial charge on any atom is -0.282 e. The fourth-order valence-electron chi connectivity index (χ4n) is 1.93. The molecule has 0 aromatic carbocycles. The lowest BCUT2D eigenvalue weighted by Crippen LogP contribution is -2.03. The average molecular weight is 175 g/mol. The zero-order valence-corrected chi connectivity index (χ0v) is 7.80. The SMILES string of the molecule is CC(C#N)c1n[nH]c2c1CCCC2. The van der Waals surface area contributed by atoms with Crippen molar-refractivity contribution in [3.63, 3.8) is 0 Å². The van der Waals surface area contributed by atoms with Crippen molar-refractivity contribution in [2.75, 3.05) is 0 Å². The smallest absolute Gasteiger partial charge is 0.0878 e. The Morgan fingerprint density at radius 2 is 2.23 bits per heavy atom. The van der Waals surface area contributed by atoms with Gasteiger partial charge in [-0.1, -0.05) is 0 Å². The molecule has 13 heavy (non-hydrogen) atoms. The fourth-order valence-corrected chi connectivity index (χ4v) is 1.93. The summed E-state index contributed by atoms with van der Waals surface area (Å²) in [7, 11) is 0. The van der Waals surface area contributed by atoms with E-state index < -0.39 is 0 Å². The number of hydrogen-bond acceptors (Lipinski definition) is 2. The minimum atomic E-state index is -0.0712. The van der Waals surface area contributed by atoms with Crippen LogP contribution in [0.5, 0.6) is 0 Å². The summed E-state index contributed by atoms with van der Waals surface area (Å²) in [4.78, 5) is 0. The van der Waals surface area contributed by atoms with E-state index >= 15 is 0 Å². The lowest BCUT2D eigenvalue weighted by atomic mass is 9.92. The van der Waals surface area contributed by atoms with E-state index in [0.29, 0.717) is 0 Å². The molecule has 1 aliphatic rings. The molecule has 1 aromatic rings. The number of rotatable bonds is 1. The molecular weight excluding hydrogens is 162 g/mol. The van der Waals surface area contributed by atoms with Crippen molar-refractivity contribution in [3.8, 4) is 6.07 Å². The molecule has 3 nitrogen and oxygen atoms in total. The van der Waals surface area contributed by atoms with E-state index in [1.807, 2.05) is 6.92 Å². The quantitative estimate of drug-likeness (QED) is 0.708. The molecule has 0 fully saturated rings. The van der Waals surface area contributed by atoms with Crippen LogP contribution in [0.1, 0.15) is 42.6 Å². The molecule has 0 saturated carbocycles. The Morgan fingerprint density at radius 1 is 1.46 bits per heavy atom. The molecule has 1 aliphatic carbocycles. The molecule has 2 rings (SSSR count). The van der Waals surface area contributed by atoms with E-state index in [4.69, 9.17) is 5.26 Å². The first-order chi connectivity index (χ1) is 6.33. The summed E-state index contributed by atoms with van der Waals surface area (Å²) in [5.41, 5.74) is 3.53. The van der Waals surface area contributed by atoms with Crippen LogP contribution in [0.15, 0.2) is 0 Å². The number of H-pyrrole nitrogens is 1. The van der Waals surface area contributed by atoms with Crippen molar-refractivity contribution in [1.82, 2.24) is 10.2 Å². The Kier molecular flexibility index (Phi) is 2.05. The molecule has 0 aliphatic heterocycles. The Balaban J connectivity index is 2.38. The van der Waals surface area contributed by atoms with E-state index in [1.54, 1.807) is 0 Å². The number of hydrogen-bond donors (Lipinski definition) is 1. The van der Waals surface area contributed by atoms with Gasteiger partial charge in [0.2, 0.25) is 0 Å². The maximum absolute atomic E-state index is 8.80. The molecule has 0 saturated heterocycles. The molecule has 0 radical (unpaired) electrons. The Hall–Kier alpha value is -1.30. The fraction of sp³-hybridized carbons (Fsp3) is 0.600. The highest BCUT2D eigenvalue weighted by molar-refractivity contribution is 5.32. The number of fused-ring (bicyclic) bond motifs is 1. The van der Waals surface area contributed by atoms with Crippen LogP contribution in [0.3, 0.4) is 0 Å². The van der Waals surface area contributed by atoms with Crippen molar-refractivity contribution in [2.24, 2.45) is 0 Å². The molecule has 1 heterocycles. The Morgan fingerprint density at radius 3 is 3.00 bits per heavy atom. The lowest BCUT2D eigenvalue weighted by molar-refractivity contribution is 0.671. The standard InChI is InChI=1S/C10H13N3/c1-7(6-11)10-8-4-2-3-5-9(8)12-13-10/h7H,2-5H2,1H3,(H,12,13). The van der Waals surface area contributed by atoms with Crippen LogP contribution in [0.4, 0.5) is 0 Å². The summed E-state index contributed by atoms with van der Waals surface area (Å²) in [6.45, 7) is 1.91. The maximum Gasteiger partial charge on any atom is 0.0878 e. The summed E-state index contributed by atoms with van der Waals surface area (Å²) in [5, 5.41) is 16.1. The molecule has 1 atom stereocenters. The second-order valence-corrected chi connectivity index (χ2v) is 3.62. The largest absolute Gasteiger partial charge is 0.282 e. The normalized spacial score (nSPS) is 17.5. The molecule has 68 valence electrons. The van der Waals surface area contributed by atoms with Crippen molar-refractivity contribution >= 4 is 0 Å². The van der Waals surface area contributed by atoms with Crippen molar-refractivity contribution < 1.29 is 0 Å². The summed E-state index contributed by atoms with van der Waals surface area (Å²) in [6, 6.07) is 2.23. The molecule has 0 amide bonds. The number of nitrogens with zero attached hydrogens (tertiary/aromatic N) is 2. The van der Waals surface area contributed by atoms with Gasteiger partial charge in [-0.2, -0.15) is 10.4 Å². The van der Waals surface area contributed by atoms with Crippen LogP contribution in [0.2, 0.25) is 0 Å². The summed E-state index contributed by atoms with van der Waals surface area (Å²) < 4.78 is 0. The number of aromatic nitrogens is 2. The van der Waals surface area contributed by atoms with Gasteiger partial charge in [-0.25, -0.2) is 0 Å². The molecular formula is C10H13N3. The van der Waals surface area contributed by atoms with Crippen LogP contribution < -0.4 is 0 Å². The average Bonchev–Trinajstić information content (AvgIpc) is 2.60. The number of aromatic amines is 1. The van der Waals surface area contributed by atoms with Crippen LogP contribution >= 0.6 is 0 Å². The van der Waals surface area contributed by atoms with E-state index in [-0.39, 0.29) is 5.92 Å². The van der Waals surface area contributed by atoms with Gasteiger partial charge in [-0.05, 0) is 38.2 Å². The van der Waals surface area contributed by atoms with Crippen LogP contribution in [0, 0.1) is 11.3 Å². The number of nitriles is 1. The van der Waals surface area contributed by atoms with Gasteiger partial charge >= 0.3 is 0 Å². The lowest BCUT2D eigenvalue weighted by Gasteiger charge is -2.11. The van der Waals surface area contributed by atoms with Gasteiger partial charge < -0.3 is 0 Å². The number of aryl methyl sites for hydroxylation is 1. The van der Waals surface area contributed by atoms with E-state index in [1.165, 1.54) is 24.1 Å². The second-order valence-electron chi connectivity index (χ2n) is 3.62. The summed E-state index contributed by atoms with van der Waals surface area (Å²) in [5.74, 6) is -0.0712. The first-order valence-electron chi connectivity index (χ1n) is 4.78. The van der Waals surface area contributed by atoms with Crippen LogP contribution in [0.25, 0.3) is 0 Å². The Labute approximate surface area is 77.8 Å². The van der Waals surface area contributed by atoms with Gasteiger partial charge in [0.1, 0.15) is 0 Å². The topological polar surface area (TPSA) is 52.5 Å². The highest BCUT2D eigenvalue weighted by Crippen LogP contribution is 2.26. The third kappa shape index (κ3) is 1.33. The highest BCUT2D eigenvalue weighted by atomic mass is 15.1. The highest BCUT2D eigenvalue weighted by Gasteiger charge is 2.19. The van der Waals surface area contributed by atoms with Gasteiger partial charge in [0.05, 0.1) is 17.7 Å². The van der Waals surface area contributed by atoms with E-state index in [0.717, 1.165) is 18.5 Å². The monoisotopic (exact) mass is 175 g/mol. The zero-order valence-electron chi connectivity index (χ0n) is 7.80. The van der Waals surface area contributed by atoms with Gasteiger partial charge in [0, 0.05) is 5.69 Å². The van der Waals surface area contributed by atoms with Gasteiger partial charge in [-0.3, -0.25) is 5.10 Å². The van der Waals surface area contributed by atoms with Crippen molar-refractivity contribution in [1.29, 1.82) is 5.26 Å². The van der Waals surface area contributed by atoms with Crippen LogP contribution in [-0.2, 0) is 12.8 Å². The summed E-state index contributed by atoms with van der Waals surface area (Å²) >= 11 is 0. The third-order valence-electron chi connectivity index (χ3n) is 2.69. The van der Waals surface area contributed by atoms with Gasteiger partial charge in [0.15, 0.2) is 0 Å². The predicted octanol–water partition coefficient (Wildman–Crippen LogP) is 1.92. The zero-order chi connectivity index (χ0) is 9.26. The number of nitrogens with one attached hydrogen (secondary N) is 1. The van der Waals surface area contributed by atoms with Gasteiger partial charge in [0.25, 0.3) is 0 Å². The summed E-state index contributed by atoms with van der Waals surface area (Å²) in [6.07, 6.45) is 4.67. The molecule has 1 unspecified atom stereocenters. The van der Waals surface area contributed by atoms with Crippen molar-refractivity contribution in [3.05, 3.63) is 17.0 Å². The molecule has 1 aromatic heterocycles. The van der Waals surface area contributed by atoms with Gasteiger partial charge in [-0.15, -0.1) is 0 Å². The molecule has 3 heteroatoms. The van der Waals surface area contributed by atoms with Crippen LogP contribution in [-0.4, -0.2) is 10.2 Å². The first kappa shape index (κ1) is 8.31. The van der Waals surface area contributed by atoms with E-state index in [9.17, 15) is 0 Å². The molecule has 0 spiro atoms. The van der Waals surface area contributed by atoms with E-state index in [2.05, 4.69) is 16.3 Å². The second kappa shape index (κ2) is 3.21. The molecule has 1 N–H and O–H groups in total. The van der Waals surface area contributed by atoms with Crippen molar-refractivity contribution in [2.45, 2.75) is 38.5 Å². The maximum atomic E-state index is 8.80. The first-order valence-corrected chi connectivity index (χ1v) is 4.78. The Bertz CT molecular complexity index is 346. The third-order valence-corrected chi connectivity index (χ3v) is 2.69.